The summed E-state index contributed by atoms with van der Waals surface area (Å²) >= 11 is 0. The lowest BCUT2D eigenvalue weighted by atomic mass is 10.0. The van der Waals surface area contributed by atoms with Crippen molar-refractivity contribution in [2.24, 2.45) is 0 Å². The molecule has 3 N–H and O–H groups in total. The summed E-state index contributed by atoms with van der Waals surface area (Å²) in [6.07, 6.45) is 7.06. The third-order valence-corrected chi connectivity index (χ3v) is 10.2. The Kier molecular flexibility index (Phi) is 9.79. The number of hydrogen-bond donors (Lipinski definition) is 3. The molecule has 20 heteroatoms. The topological polar surface area (TPSA) is 206 Å². The van der Waals surface area contributed by atoms with E-state index >= 15 is 0 Å². The van der Waals surface area contributed by atoms with Gasteiger partial charge in [-0.3, -0.25) is 9.59 Å². The number of aromatic carboxylic acids is 1. The van der Waals surface area contributed by atoms with Crippen LogP contribution in [0.1, 0.15) is 104 Å². The fraction of sp³-hybridized carbons (Fsp3) is 0.421. The van der Waals surface area contributed by atoms with Crippen LogP contribution in [0.4, 0.5) is 52.2 Å². The first-order chi connectivity index (χ1) is 27.2. The molecule has 0 radical (unpaired) electrons. The van der Waals surface area contributed by atoms with Crippen LogP contribution in [0, 0.1) is 0 Å². The summed E-state index contributed by atoms with van der Waals surface area (Å²) in [6, 6.07) is 5.88. The van der Waals surface area contributed by atoms with Gasteiger partial charge in [0, 0.05) is 99.4 Å². The van der Waals surface area contributed by atoms with Crippen LogP contribution >= 0.6 is 0 Å². The maximum Gasteiger partial charge on any atom is 0.357 e. The van der Waals surface area contributed by atoms with E-state index in [2.05, 4.69) is 40.5 Å². The predicted octanol–water partition coefficient (Wildman–Crippen LogP) is 6.12. The Morgan fingerprint density at radius 1 is 0.724 bits per heavy atom. The second-order valence-corrected chi connectivity index (χ2v) is 14.9. The molecule has 0 bridgehead atoms. The maximum atomic E-state index is 14.1. The van der Waals surface area contributed by atoms with Gasteiger partial charge in [0.05, 0.1) is 18.0 Å². The predicted molar refractivity (Wildman–Crippen MR) is 199 cm³/mol. The number of esters is 1. The third kappa shape index (κ3) is 7.82. The number of carbonyl (C=O) groups excluding carboxylic acids is 3. The molecule has 4 aromatic rings. The van der Waals surface area contributed by atoms with Crippen molar-refractivity contribution in [1.82, 2.24) is 29.9 Å². The van der Waals surface area contributed by atoms with E-state index in [4.69, 9.17) is 4.74 Å². The number of nitrogens with zero attached hydrogens (tertiary/aromatic N) is 8. The minimum Gasteiger partial charge on any atom is -0.477 e. The van der Waals surface area contributed by atoms with Gasteiger partial charge in [-0.15, -0.1) is 0 Å². The molecule has 304 valence electrons. The number of hydrogen-bond acceptors (Lipinski definition) is 13. The van der Waals surface area contributed by atoms with E-state index in [1.54, 1.807) is 41.2 Å². The molecule has 2 aliphatic carbocycles. The monoisotopic (exact) mass is 806 g/mol. The minimum absolute atomic E-state index is 0.0777. The van der Waals surface area contributed by atoms with Gasteiger partial charge in [0.15, 0.2) is 11.4 Å². The number of halogens is 4. The highest BCUT2D eigenvalue weighted by molar-refractivity contribution is 5.91. The quantitative estimate of drug-likeness (QED) is 0.129. The molecule has 2 amide bonds. The fourth-order valence-electron chi connectivity index (χ4n) is 7.12. The molecule has 0 atom stereocenters. The number of carbonyl (C=O) groups is 4. The van der Waals surface area contributed by atoms with Gasteiger partial charge in [0.1, 0.15) is 23.3 Å². The molecule has 4 aromatic heterocycles. The van der Waals surface area contributed by atoms with Crippen LogP contribution in [-0.4, -0.2) is 78.5 Å². The summed E-state index contributed by atoms with van der Waals surface area (Å²) in [4.78, 5) is 73.6. The van der Waals surface area contributed by atoms with E-state index in [0.29, 0.717) is 49.9 Å². The minimum atomic E-state index is -3.39. The molecule has 4 aliphatic rings. The lowest BCUT2D eigenvalue weighted by molar-refractivity contribution is -0.115. The smallest absolute Gasteiger partial charge is 0.357 e. The number of aromatic nitrogens is 6. The molecule has 0 saturated heterocycles. The van der Waals surface area contributed by atoms with Crippen LogP contribution in [0.3, 0.4) is 0 Å². The second kappa shape index (κ2) is 14.2. The summed E-state index contributed by atoms with van der Waals surface area (Å²) in [5.74, 6) is -10.2. The zero-order valence-corrected chi connectivity index (χ0v) is 32.0. The van der Waals surface area contributed by atoms with Crippen LogP contribution in [-0.2, 0) is 37.0 Å². The molecule has 6 heterocycles. The molecule has 0 aromatic carbocycles. The SMILES string of the molecule is CC(=O)Nc1cc2c(cn1)C1(CC1)CN2c1cc(C(=O)O)nc(C(C)(F)F)n1.CCOC(=O)c1cc(N2CC3(CC3)c3cnc(NC(C)=O)cc32)nc(C(C)(F)F)n1. The summed E-state index contributed by atoms with van der Waals surface area (Å²) in [6.45, 7) is 6.74. The average Bonchev–Trinajstić information content (AvgIpc) is 4.05. The Hall–Kier alpha value is -6.34. The number of fused-ring (bicyclic) bond motifs is 4. The molecular weight excluding hydrogens is 768 g/mol. The molecule has 58 heavy (non-hydrogen) atoms. The van der Waals surface area contributed by atoms with Crippen molar-refractivity contribution in [2.45, 2.75) is 83.0 Å². The van der Waals surface area contributed by atoms with E-state index < -0.39 is 41.1 Å². The van der Waals surface area contributed by atoms with Gasteiger partial charge >= 0.3 is 23.8 Å². The second-order valence-electron chi connectivity index (χ2n) is 14.9. The van der Waals surface area contributed by atoms with E-state index in [9.17, 15) is 41.8 Å². The summed E-state index contributed by atoms with van der Waals surface area (Å²) < 4.78 is 60.8. The first-order valence-electron chi connectivity index (χ1n) is 18.3. The number of alkyl halides is 4. The fourth-order valence-corrected chi connectivity index (χ4v) is 7.12. The number of pyridine rings is 2. The average molecular weight is 807 g/mol. The van der Waals surface area contributed by atoms with Gasteiger partial charge in [-0.2, -0.15) is 17.6 Å². The Balaban J connectivity index is 0.000000177. The van der Waals surface area contributed by atoms with Gasteiger partial charge in [-0.25, -0.2) is 39.5 Å². The van der Waals surface area contributed by atoms with Crippen molar-refractivity contribution >= 4 is 58.4 Å². The van der Waals surface area contributed by atoms with E-state index in [0.717, 1.165) is 36.8 Å². The molecule has 2 spiro atoms. The zero-order valence-electron chi connectivity index (χ0n) is 32.0. The van der Waals surface area contributed by atoms with Gasteiger partial charge in [0.2, 0.25) is 23.5 Å². The van der Waals surface area contributed by atoms with E-state index in [1.807, 2.05) is 0 Å². The number of anilines is 6. The highest BCUT2D eigenvalue weighted by Crippen LogP contribution is 2.59. The van der Waals surface area contributed by atoms with Crippen molar-refractivity contribution in [3.8, 4) is 0 Å². The third-order valence-electron chi connectivity index (χ3n) is 10.2. The van der Waals surface area contributed by atoms with Gasteiger partial charge in [-0.1, -0.05) is 0 Å². The summed E-state index contributed by atoms with van der Waals surface area (Å²) in [5, 5.41) is 14.5. The highest BCUT2D eigenvalue weighted by Gasteiger charge is 2.54. The molecule has 16 nitrogen and oxygen atoms in total. The molecule has 8 rings (SSSR count). The molecule has 2 fully saturated rings. The molecule has 0 unspecified atom stereocenters. The highest BCUT2D eigenvalue weighted by atomic mass is 19.3. The molecule has 2 aliphatic heterocycles. The Morgan fingerprint density at radius 2 is 1.14 bits per heavy atom. The largest absolute Gasteiger partial charge is 0.477 e. The number of ether oxygens (including phenoxy) is 1. The number of nitrogens with one attached hydrogen (secondary N) is 2. The van der Waals surface area contributed by atoms with Gasteiger partial charge in [-0.05, 0) is 32.6 Å². The van der Waals surface area contributed by atoms with Crippen molar-refractivity contribution in [3.63, 3.8) is 0 Å². The Labute approximate surface area is 328 Å². The normalized spacial score (nSPS) is 16.6. The number of amides is 2. The standard InChI is InChI=1S/C20H21F2N5O3.C18H17F2N5O3/c1-4-30-17(29)13-7-16(26-18(25-13)19(3,21)22)27-10-20(5-6-20)12-9-23-15(8-14(12)27)24-11(2)28;1-9(26)22-13-6-12-10(7-21-13)18(3-4-18)8-25(12)14-5-11(15(27)28)23-16(24-14)17(2,19)20/h7-9H,4-6,10H2,1-3H3,(H,23,24,28);5-7H,3-4,8H2,1-2H3,(H,27,28)(H,21,22,26). The van der Waals surface area contributed by atoms with Crippen LogP contribution in [0.2, 0.25) is 0 Å². The van der Waals surface area contributed by atoms with Crippen molar-refractivity contribution < 1.29 is 46.6 Å². The van der Waals surface area contributed by atoms with Crippen molar-refractivity contribution in [2.75, 3.05) is 40.1 Å². The molecular formula is C38H38F4N10O6. The Morgan fingerprint density at radius 3 is 1.50 bits per heavy atom. The van der Waals surface area contributed by atoms with Crippen molar-refractivity contribution in [3.05, 3.63) is 70.8 Å². The summed E-state index contributed by atoms with van der Waals surface area (Å²) in [5.41, 5.74) is 2.27. The van der Waals surface area contributed by atoms with Crippen LogP contribution in [0.5, 0.6) is 0 Å². The van der Waals surface area contributed by atoms with Gasteiger partial charge < -0.3 is 30.3 Å². The van der Waals surface area contributed by atoms with E-state index in [1.165, 1.54) is 26.0 Å². The Bertz CT molecular complexity index is 2360. The number of carboxylic acid groups (broad SMARTS) is 1. The van der Waals surface area contributed by atoms with E-state index in [-0.39, 0.29) is 46.6 Å². The number of rotatable bonds is 9. The maximum absolute atomic E-state index is 14.1. The van der Waals surface area contributed by atoms with Crippen LogP contribution in [0.15, 0.2) is 36.7 Å². The lowest BCUT2D eigenvalue weighted by Crippen LogP contribution is -2.24. The van der Waals surface area contributed by atoms with Crippen LogP contribution in [0.25, 0.3) is 0 Å². The summed E-state index contributed by atoms with van der Waals surface area (Å²) in [7, 11) is 0. The first-order valence-corrected chi connectivity index (χ1v) is 18.3. The first kappa shape index (κ1) is 39.9. The van der Waals surface area contributed by atoms with Crippen LogP contribution < -0.4 is 20.4 Å². The number of carboxylic acids is 1. The lowest BCUT2D eigenvalue weighted by Gasteiger charge is -2.21. The zero-order chi connectivity index (χ0) is 41.9. The van der Waals surface area contributed by atoms with Crippen molar-refractivity contribution in [1.29, 1.82) is 0 Å². The van der Waals surface area contributed by atoms with Gasteiger partial charge in [0.25, 0.3) is 0 Å². The molecule has 2 saturated carbocycles.